The van der Waals surface area contributed by atoms with Crippen molar-refractivity contribution in [2.75, 3.05) is 5.01 Å². The summed E-state index contributed by atoms with van der Waals surface area (Å²) in [5, 5.41) is 1.69. The first kappa shape index (κ1) is 11.6. The lowest BCUT2D eigenvalue weighted by atomic mass is 10.2. The summed E-state index contributed by atoms with van der Waals surface area (Å²) in [6.45, 7) is 4.14. The van der Waals surface area contributed by atoms with Crippen LogP contribution in [0.1, 0.15) is 18.2 Å². The molecule has 3 nitrogen and oxygen atoms in total. The van der Waals surface area contributed by atoms with Crippen molar-refractivity contribution in [3.05, 3.63) is 53.9 Å². The third-order valence-corrected chi connectivity index (χ3v) is 2.77. The van der Waals surface area contributed by atoms with E-state index in [1.807, 2.05) is 24.3 Å². The minimum absolute atomic E-state index is 0.871. The molecule has 0 bridgehead atoms. The molecule has 0 fully saturated rings. The van der Waals surface area contributed by atoms with E-state index in [1.165, 1.54) is 5.56 Å². The van der Waals surface area contributed by atoms with E-state index >= 15 is 0 Å². The minimum Gasteiger partial charge on any atom is -0.278 e. The average Bonchev–Trinajstić information content (AvgIpc) is 2.39. The third-order valence-electron chi connectivity index (χ3n) is 2.77. The standard InChI is InChI=1S/C14H17N3/c1-3-13-14(5-4-10-16-13)17(15)12-8-6-11(2)7-9-12/h4-10H,3,15H2,1-2H3. The average molecular weight is 227 g/mol. The SMILES string of the molecule is CCc1ncccc1N(N)c1ccc(C)cc1. The number of hydrazine groups is 1. The topological polar surface area (TPSA) is 42.2 Å². The maximum absolute atomic E-state index is 6.14. The number of hydrogen-bond donors (Lipinski definition) is 1. The van der Waals surface area contributed by atoms with Crippen molar-refractivity contribution in [1.29, 1.82) is 0 Å². The van der Waals surface area contributed by atoms with Crippen LogP contribution in [0, 0.1) is 6.92 Å². The molecule has 0 aliphatic rings. The molecule has 2 N–H and O–H groups in total. The van der Waals surface area contributed by atoms with E-state index in [-0.39, 0.29) is 0 Å². The van der Waals surface area contributed by atoms with Crippen LogP contribution < -0.4 is 10.9 Å². The fraction of sp³-hybridized carbons (Fsp3) is 0.214. The number of nitrogens with zero attached hydrogens (tertiary/aromatic N) is 2. The van der Waals surface area contributed by atoms with Gasteiger partial charge in [0.25, 0.3) is 0 Å². The lowest BCUT2D eigenvalue weighted by Crippen LogP contribution is -2.26. The van der Waals surface area contributed by atoms with Crippen LogP contribution in [-0.4, -0.2) is 4.98 Å². The number of aromatic nitrogens is 1. The molecule has 0 saturated carbocycles. The predicted molar refractivity (Wildman–Crippen MR) is 71.1 cm³/mol. The number of aryl methyl sites for hydroxylation is 2. The van der Waals surface area contributed by atoms with Crippen LogP contribution in [0.3, 0.4) is 0 Å². The van der Waals surface area contributed by atoms with Gasteiger partial charge in [0.15, 0.2) is 0 Å². The second-order valence-electron chi connectivity index (χ2n) is 4.03. The van der Waals surface area contributed by atoms with Crippen molar-refractivity contribution < 1.29 is 0 Å². The normalized spacial score (nSPS) is 10.3. The zero-order chi connectivity index (χ0) is 12.3. The lowest BCUT2D eigenvalue weighted by molar-refractivity contribution is 0.982. The molecule has 2 rings (SSSR count). The highest BCUT2D eigenvalue weighted by atomic mass is 15.4. The second-order valence-corrected chi connectivity index (χ2v) is 4.03. The molecule has 0 aliphatic heterocycles. The van der Waals surface area contributed by atoms with Gasteiger partial charge in [-0.05, 0) is 37.6 Å². The molecular formula is C14H17N3. The highest BCUT2D eigenvalue weighted by molar-refractivity contribution is 5.63. The summed E-state index contributed by atoms with van der Waals surface area (Å²) in [4.78, 5) is 4.34. The summed E-state index contributed by atoms with van der Waals surface area (Å²) in [7, 11) is 0. The Morgan fingerprint density at radius 3 is 2.53 bits per heavy atom. The first-order chi connectivity index (χ1) is 8.22. The molecule has 3 heteroatoms. The van der Waals surface area contributed by atoms with Gasteiger partial charge in [-0.3, -0.25) is 9.99 Å². The van der Waals surface area contributed by atoms with E-state index in [4.69, 9.17) is 5.84 Å². The van der Waals surface area contributed by atoms with Crippen LogP contribution in [0.4, 0.5) is 11.4 Å². The van der Waals surface area contributed by atoms with Crippen LogP contribution in [0.15, 0.2) is 42.6 Å². The molecule has 0 unspecified atom stereocenters. The van der Waals surface area contributed by atoms with Gasteiger partial charge in [-0.2, -0.15) is 0 Å². The van der Waals surface area contributed by atoms with Gasteiger partial charge in [-0.15, -0.1) is 0 Å². The van der Waals surface area contributed by atoms with Crippen LogP contribution in [0.25, 0.3) is 0 Å². The van der Waals surface area contributed by atoms with Gasteiger partial charge in [-0.1, -0.05) is 24.6 Å². The largest absolute Gasteiger partial charge is 0.278 e. The summed E-state index contributed by atoms with van der Waals surface area (Å²) >= 11 is 0. The van der Waals surface area contributed by atoms with Gasteiger partial charge < -0.3 is 0 Å². The first-order valence-electron chi connectivity index (χ1n) is 5.77. The summed E-state index contributed by atoms with van der Waals surface area (Å²) in [5.41, 5.74) is 4.16. The van der Waals surface area contributed by atoms with Gasteiger partial charge in [0.05, 0.1) is 17.1 Å². The molecule has 0 spiro atoms. The maximum atomic E-state index is 6.14. The first-order valence-corrected chi connectivity index (χ1v) is 5.77. The van der Waals surface area contributed by atoms with Crippen molar-refractivity contribution in [2.45, 2.75) is 20.3 Å². The highest BCUT2D eigenvalue weighted by Gasteiger charge is 2.08. The number of hydrogen-bond acceptors (Lipinski definition) is 3. The predicted octanol–water partition coefficient (Wildman–Crippen LogP) is 2.96. The molecule has 0 amide bonds. The molecule has 17 heavy (non-hydrogen) atoms. The van der Waals surface area contributed by atoms with E-state index in [2.05, 4.69) is 31.0 Å². The Morgan fingerprint density at radius 2 is 1.88 bits per heavy atom. The van der Waals surface area contributed by atoms with Crippen molar-refractivity contribution in [3.63, 3.8) is 0 Å². The van der Waals surface area contributed by atoms with Crippen molar-refractivity contribution >= 4 is 11.4 Å². The van der Waals surface area contributed by atoms with E-state index < -0.39 is 0 Å². The summed E-state index contributed by atoms with van der Waals surface area (Å²) in [6.07, 6.45) is 2.67. The zero-order valence-corrected chi connectivity index (χ0v) is 10.2. The summed E-state index contributed by atoms with van der Waals surface area (Å²) in [6, 6.07) is 12.0. The third kappa shape index (κ3) is 2.45. The monoisotopic (exact) mass is 227 g/mol. The summed E-state index contributed by atoms with van der Waals surface area (Å²) in [5.74, 6) is 6.14. The van der Waals surface area contributed by atoms with Gasteiger partial charge >= 0.3 is 0 Å². The van der Waals surface area contributed by atoms with Crippen molar-refractivity contribution in [3.8, 4) is 0 Å². The number of nitrogens with two attached hydrogens (primary N) is 1. The minimum atomic E-state index is 0.871. The van der Waals surface area contributed by atoms with Crippen molar-refractivity contribution in [2.24, 2.45) is 5.84 Å². The molecule has 1 aromatic heterocycles. The number of rotatable bonds is 3. The van der Waals surface area contributed by atoms with E-state index in [0.29, 0.717) is 0 Å². The molecule has 0 saturated heterocycles. The quantitative estimate of drug-likeness (QED) is 0.647. The van der Waals surface area contributed by atoms with Crippen LogP contribution in [0.2, 0.25) is 0 Å². The Bertz CT molecular complexity index is 491. The fourth-order valence-corrected chi connectivity index (χ4v) is 1.77. The number of benzene rings is 1. The number of pyridine rings is 1. The Kier molecular flexibility index (Phi) is 3.40. The molecule has 88 valence electrons. The Labute approximate surface area is 102 Å². The van der Waals surface area contributed by atoms with Gasteiger partial charge in [-0.25, -0.2) is 5.84 Å². The Morgan fingerprint density at radius 1 is 1.18 bits per heavy atom. The molecule has 1 aromatic carbocycles. The lowest BCUT2D eigenvalue weighted by Gasteiger charge is -2.20. The van der Waals surface area contributed by atoms with Crippen LogP contribution in [-0.2, 0) is 6.42 Å². The summed E-state index contributed by atoms with van der Waals surface area (Å²) < 4.78 is 0. The molecule has 2 aromatic rings. The van der Waals surface area contributed by atoms with E-state index in [0.717, 1.165) is 23.5 Å². The smallest absolute Gasteiger partial charge is 0.0790 e. The van der Waals surface area contributed by atoms with Gasteiger partial charge in [0.2, 0.25) is 0 Å². The molecule has 0 radical (unpaired) electrons. The molecule has 0 atom stereocenters. The highest BCUT2D eigenvalue weighted by Crippen LogP contribution is 2.24. The van der Waals surface area contributed by atoms with Gasteiger partial charge in [0, 0.05) is 6.20 Å². The van der Waals surface area contributed by atoms with E-state index in [9.17, 15) is 0 Å². The van der Waals surface area contributed by atoms with Crippen LogP contribution >= 0.6 is 0 Å². The molecule has 0 aliphatic carbocycles. The zero-order valence-electron chi connectivity index (χ0n) is 10.2. The Hall–Kier alpha value is -1.87. The Balaban J connectivity index is 2.36. The fourth-order valence-electron chi connectivity index (χ4n) is 1.77. The molecular weight excluding hydrogens is 210 g/mol. The van der Waals surface area contributed by atoms with E-state index in [1.54, 1.807) is 11.2 Å². The van der Waals surface area contributed by atoms with Gasteiger partial charge in [0.1, 0.15) is 0 Å². The number of anilines is 2. The maximum Gasteiger partial charge on any atom is 0.0790 e. The van der Waals surface area contributed by atoms with Crippen molar-refractivity contribution in [1.82, 2.24) is 4.98 Å². The molecule has 1 heterocycles. The second kappa shape index (κ2) is 4.97. The van der Waals surface area contributed by atoms with Crippen LogP contribution in [0.5, 0.6) is 0 Å².